The molecule has 0 aliphatic heterocycles. The minimum absolute atomic E-state index is 0.216. The molecule has 0 aromatic rings. The second kappa shape index (κ2) is 12.8. The lowest BCUT2D eigenvalue weighted by Crippen LogP contribution is -2.53. The van der Waals surface area contributed by atoms with Crippen molar-refractivity contribution in [1.82, 2.24) is 10.2 Å². The highest BCUT2D eigenvalue weighted by Gasteiger charge is 2.60. The Balaban J connectivity index is 1.37. The number of nitrogens with zero attached hydrogens (tertiary/aromatic N) is 4. The van der Waals surface area contributed by atoms with E-state index in [9.17, 15) is 9.59 Å². The molecule has 4 fully saturated rings. The van der Waals surface area contributed by atoms with Gasteiger partial charge >= 0.3 is 6.09 Å². The summed E-state index contributed by atoms with van der Waals surface area (Å²) in [6.07, 6.45) is 9.73. The number of hydrogen-bond donors (Lipinski definition) is 1. The molecule has 1 N–H and O–H groups in total. The number of carbonyl (C=O) groups excluding carboxylic acids is 2. The molecular weight excluding hydrogens is 526 g/mol. The van der Waals surface area contributed by atoms with Gasteiger partial charge in [-0.1, -0.05) is 19.0 Å². The molecule has 4 aliphatic carbocycles. The summed E-state index contributed by atoms with van der Waals surface area (Å²) < 4.78 is 1.71. The number of rotatable bonds is 11. The highest BCUT2D eigenvalue weighted by Crippen LogP contribution is 2.67. The molecule has 1 amide bonds. The zero-order chi connectivity index (χ0) is 30.9. The van der Waals surface area contributed by atoms with Crippen molar-refractivity contribution in [2.45, 2.75) is 78.6 Å². The summed E-state index contributed by atoms with van der Waals surface area (Å²) in [4.78, 5) is 33.0. The van der Waals surface area contributed by atoms with Crippen molar-refractivity contribution in [3.05, 3.63) is 0 Å². The Bertz CT molecular complexity index is 1000. The van der Waals surface area contributed by atoms with Crippen LogP contribution in [0.5, 0.6) is 0 Å². The van der Waals surface area contributed by atoms with Crippen LogP contribution < -0.4 is 5.32 Å². The molecular formula is C34H63N5O3+2. The molecule has 0 unspecified atom stereocenters. The molecule has 8 nitrogen and oxygen atoms in total. The lowest BCUT2D eigenvalue weighted by Gasteiger charge is -2.60. The first-order valence-corrected chi connectivity index (χ1v) is 16.9. The Morgan fingerprint density at radius 3 is 2.29 bits per heavy atom. The fourth-order valence-corrected chi connectivity index (χ4v) is 9.43. The fourth-order valence-electron chi connectivity index (χ4n) is 9.43. The van der Waals surface area contributed by atoms with Crippen molar-refractivity contribution >= 4 is 17.6 Å². The number of carbonyl (C=O) groups is 2. The number of likely N-dealkylation sites (N-methyl/N-ethyl adjacent to an activating group) is 2. The average Bonchev–Trinajstić information content (AvgIpc) is 3.25. The largest absolute Gasteiger partial charge is 0.436 e. The third-order valence-electron chi connectivity index (χ3n) is 12.1. The molecule has 0 heterocycles. The molecule has 0 aromatic heterocycles. The van der Waals surface area contributed by atoms with Crippen LogP contribution in [-0.2, 0) is 9.63 Å². The van der Waals surface area contributed by atoms with Crippen LogP contribution >= 0.6 is 0 Å². The van der Waals surface area contributed by atoms with E-state index >= 15 is 0 Å². The third-order valence-corrected chi connectivity index (χ3v) is 12.1. The van der Waals surface area contributed by atoms with Crippen molar-refractivity contribution in [2.24, 2.45) is 45.6 Å². The van der Waals surface area contributed by atoms with E-state index < -0.39 is 0 Å². The smallest absolute Gasteiger partial charge is 0.330 e. The zero-order valence-corrected chi connectivity index (χ0v) is 28.5. The van der Waals surface area contributed by atoms with E-state index in [1.807, 2.05) is 4.90 Å². The van der Waals surface area contributed by atoms with Crippen LogP contribution in [0.2, 0.25) is 0 Å². The Kier molecular flexibility index (Phi) is 10.2. The molecule has 7 atom stereocenters. The summed E-state index contributed by atoms with van der Waals surface area (Å²) in [5.41, 5.74) is 1.54. The van der Waals surface area contributed by atoms with Crippen LogP contribution in [0.15, 0.2) is 5.16 Å². The number of hydrogen-bond acceptors (Lipinski definition) is 5. The maximum absolute atomic E-state index is 13.3. The second-order valence-electron chi connectivity index (χ2n) is 16.9. The molecule has 240 valence electrons. The number of Topliss-reactive ketones (excluding diaryl/α,β-unsaturated/α-hetero) is 1. The van der Waals surface area contributed by atoms with Gasteiger partial charge in [-0.3, -0.25) is 14.5 Å². The van der Waals surface area contributed by atoms with Crippen LogP contribution in [-0.4, -0.2) is 113 Å². The summed E-state index contributed by atoms with van der Waals surface area (Å²) >= 11 is 0. The van der Waals surface area contributed by atoms with Gasteiger partial charge in [0.05, 0.1) is 67.6 Å². The molecule has 42 heavy (non-hydrogen) atoms. The van der Waals surface area contributed by atoms with Crippen molar-refractivity contribution in [3.63, 3.8) is 0 Å². The van der Waals surface area contributed by atoms with Crippen LogP contribution in [0.4, 0.5) is 4.79 Å². The zero-order valence-electron chi connectivity index (χ0n) is 28.5. The van der Waals surface area contributed by atoms with E-state index in [2.05, 4.69) is 73.5 Å². The fraction of sp³-hybridized carbons (Fsp3) is 0.912. The van der Waals surface area contributed by atoms with Gasteiger partial charge < -0.3 is 14.3 Å². The Labute approximate surface area is 256 Å². The molecule has 0 bridgehead atoms. The van der Waals surface area contributed by atoms with Gasteiger partial charge in [0.2, 0.25) is 0 Å². The molecule has 0 spiro atoms. The molecule has 4 saturated carbocycles. The Morgan fingerprint density at radius 1 is 0.905 bits per heavy atom. The lowest BCUT2D eigenvalue weighted by molar-refractivity contribution is -0.869. The van der Waals surface area contributed by atoms with Crippen LogP contribution in [0.3, 0.4) is 0 Å². The topological polar surface area (TPSA) is 71.0 Å². The molecule has 4 rings (SSSR count). The van der Waals surface area contributed by atoms with E-state index in [4.69, 9.17) is 4.84 Å². The van der Waals surface area contributed by atoms with Gasteiger partial charge in [0, 0.05) is 38.4 Å². The van der Waals surface area contributed by atoms with Crippen LogP contribution in [0.25, 0.3) is 0 Å². The van der Waals surface area contributed by atoms with Gasteiger partial charge in [-0.15, -0.1) is 0 Å². The molecule has 8 heteroatoms. The number of ketones is 1. The van der Waals surface area contributed by atoms with E-state index in [1.165, 1.54) is 32.1 Å². The average molecular weight is 590 g/mol. The highest BCUT2D eigenvalue weighted by molar-refractivity contribution is 5.85. The molecule has 4 aliphatic rings. The Hall–Kier alpha value is -1.51. The summed E-state index contributed by atoms with van der Waals surface area (Å²) in [5, 5.41) is 8.03. The number of nitrogens with one attached hydrogen (secondary N) is 1. The monoisotopic (exact) mass is 589 g/mol. The number of amides is 1. The Morgan fingerprint density at radius 2 is 1.60 bits per heavy atom. The van der Waals surface area contributed by atoms with E-state index in [0.29, 0.717) is 42.0 Å². The van der Waals surface area contributed by atoms with Gasteiger partial charge in [0.1, 0.15) is 5.78 Å². The predicted octanol–water partition coefficient (Wildman–Crippen LogP) is 5.03. The van der Waals surface area contributed by atoms with Gasteiger partial charge in [0.15, 0.2) is 0 Å². The lowest BCUT2D eigenvalue weighted by atomic mass is 9.44. The van der Waals surface area contributed by atoms with Gasteiger partial charge in [0.25, 0.3) is 0 Å². The minimum Gasteiger partial charge on any atom is -0.330 e. The standard InChI is InChI=1S/C34H63N5O3/c1-25(36-42-32(41)37(21-23-39(7,8)9)20-18-35-19-22-38(4,5)6)29-12-13-30-28-11-10-26-24-27(40)14-16-33(26,2)31(28)15-17-34(29,30)3/h26,28-31,35H,10-24H2,1-9H3/q+2/b36-25+/t26-,28+,29-,30+,31+,33+,34-/m1/s1. The summed E-state index contributed by atoms with van der Waals surface area (Å²) in [6, 6.07) is 0. The first-order chi connectivity index (χ1) is 19.5. The summed E-state index contributed by atoms with van der Waals surface area (Å²) in [5.74, 6) is 3.67. The minimum atomic E-state index is -0.335. The molecule has 0 saturated heterocycles. The van der Waals surface area contributed by atoms with Crippen molar-refractivity contribution < 1.29 is 23.4 Å². The summed E-state index contributed by atoms with van der Waals surface area (Å²) in [7, 11) is 13.0. The molecule has 0 aromatic carbocycles. The van der Waals surface area contributed by atoms with Gasteiger partial charge in [-0.2, -0.15) is 0 Å². The van der Waals surface area contributed by atoms with E-state index in [0.717, 1.165) is 78.4 Å². The number of oxime groups is 1. The first kappa shape index (κ1) is 33.4. The van der Waals surface area contributed by atoms with Gasteiger partial charge in [-0.05, 0) is 86.4 Å². The summed E-state index contributed by atoms with van der Waals surface area (Å²) in [6.45, 7) is 11.9. The number of fused-ring (bicyclic) bond motifs is 5. The van der Waals surface area contributed by atoms with Crippen molar-refractivity contribution in [1.29, 1.82) is 0 Å². The van der Waals surface area contributed by atoms with E-state index in [-0.39, 0.29) is 11.5 Å². The third kappa shape index (κ3) is 7.58. The number of quaternary nitrogens is 2. The van der Waals surface area contributed by atoms with Crippen molar-refractivity contribution in [2.75, 3.05) is 81.6 Å². The predicted molar refractivity (Wildman–Crippen MR) is 170 cm³/mol. The highest BCUT2D eigenvalue weighted by atomic mass is 16.7. The maximum Gasteiger partial charge on any atom is 0.436 e. The SMILES string of the molecule is C/C(=N\OC(=O)N(CCNCC[N+](C)(C)C)CC[N+](C)(C)C)[C@H]1CC[C@H]2[C@@H]3CC[C@@H]4CC(=O)CC[C@]4(C)[C@H]3CC[C@]12C. The second-order valence-corrected chi connectivity index (χ2v) is 16.9. The van der Waals surface area contributed by atoms with Gasteiger partial charge in [-0.25, -0.2) is 4.79 Å². The first-order valence-electron chi connectivity index (χ1n) is 16.9. The van der Waals surface area contributed by atoms with E-state index in [1.54, 1.807) is 0 Å². The molecule has 0 radical (unpaired) electrons. The quantitative estimate of drug-likeness (QED) is 0.121. The van der Waals surface area contributed by atoms with Crippen LogP contribution in [0, 0.1) is 40.4 Å². The maximum atomic E-state index is 13.3. The van der Waals surface area contributed by atoms with Crippen LogP contribution in [0.1, 0.15) is 78.6 Å². The van der Waals surface area contributed by atoms with Crippen molar-refractivity contribution in [3.8, 4) is 0 Å². The normalized spacial score (nSPS) is 35.3.